The maximum absolute atomic E-state index is 12.7. The molecule has 0 aliphatic heterocycles. The van der Waals surface area contributed by atoms with E-state index in [1.807, 2.05) is 19.9 Å². The highest BCUT2D eigenvalue weighted by Crippen LogP contribution is 2.38. The Hall–Kier alpha value is -3.41. The molecule has 0 unspecified atom stereocenters. The minimum absolute atomic E-state index is 0.0509. The van der Waals surface area contributed by atoms with E-state index in [9.17, 15) is 20.1 Å². The van der Waals surface area contributed by atoms with Gasteiger partial charge >= 0.3 is 0 Å². The van der Waals surface area contributed by atoms with Gasteiger partial charge in [0.2, 0.25) is 0 Å². The van der Waals surface area contributed by atoms with Crippen LogP contribution >= 0.6 is 0 Å². The number of ether oxygens (including phenoxy) is 1. The second kappa shape index (κ2) is 7.07. The van der Waals surface area contributed by atoms with Gasteiger partial charge in [0.25, 0.3) is 0 Å². The number of benzene rings is 2. The smallest absolute Gasteiger partial charge is 0.197 e. The first-order chi connectivity index (χ1) is 12.8. The predicted molar refractivity (Wildman–Crippen MR) is 103 cm³/mol. The van der Waals surface area contributed by atoms with Gasteiger partial charge in [0.1, 0.15) is 39.7 Å². The van der Waals surface area contributed by atoms with E-state index in [-0.39, 0.29) is 39.5 Å². The standard InChI is InChI=1S/C21H20O6/c1-11(2)4-6-14-17(26-3)10-19-20(21(14)25)16(24)9-18(27-19)13-7-5-12(22)8-15(13)23/h4-5,7-10,22-23,25H,6H2,1-3H3. The van der Waals surface area contributed by atoms with Crippen LogP contribution in [0.5, 0.6) is 23.0 Å². The van der Waals surface area contributed by atoms with Crippen molar-refractivity contribution in [1.29, 1.82) is 0 Å². The van der Waals surface area contributed by atoms with Gasteiger partial charge in [-0.25, -0.2) is 0 Å². The maximum Gasteiger partial charge on any atom is 0.197 e. The van der Waals surface area contributed by atoms with E-state index < -0.39 is 5.43 Å². The van der Waals surface area contributed by atoms with Gasteiger partial charge in [0, 0.05) is 23.8 Å². The number of fused-ring (bicyclic) bond motifs is 1. The summed E-state index contributed by atoms with van der Waals surface area (Å²) in [4.78, 5) is 12.7. The van der Waals surface area contributed by atoms with Crippen molar-refractivity contribution in [2.45, 2.75) is 20.3 Å². The number of phenols is 3. The van der Waals surface area contributed by atoms with Gasteiger partial charge in [0.05, 0.1) is 12.7 Å². The number of hydrogen-bond donors (Lipinski definition) is 3. The average molecular weight is 368 g/mol. The first-order valence-corrected chi connectivity index (χ1v) is 8.34. The zero-order valence-electron chi connectivity index (χ0n) is 15.2. The van der Waals surface area contributed by atoms with Crippen LogP contribution in [0.2, 0.25) is 0 Å². The molecule has 6 nitrogen and oxygen atoms in total. The molecule has 3 rings (SSSR count). The number of rotatable bonds is 4. The zero-order valence-corrected chi connectivity index (χ0v) is 15.2. The molecule has 1 aromatic heterocycles. The molecule has 0 bridgehead atoms. The van der Waals surface area contributed by atoms with Crippen molar-refractivity contribution in [2.24, 2.45) is 0 Å². The Morgan fingerprint density at radius 3 is 2.52 bits per heavy atom. The summed E-state index contributed by atoms with van der Waals surface area (Å²) < 4.78 is 11.1. The van der Waals surface area contributed by atoms with Gasteiger partial charge in [-0.1, -0.05) is 11.6 Å². The number of phenolic OH excluding ortho intramolecular Hbond substituents is 3. The summed E-state index contributed by atoms with van der Waals surface area (Å²) in [5.74, 6) is -0.00946. The minimum atomic E-state index is -0.447. The second-order valence-electron chi connectivity index (χ2n) is 6.44. The van der Waals surface area contributed by atoms with E-state index in [1.54, 1.807) is 6.07 Å². The second-order valence-corrected chi connectivity index (χ2v) is 6.44. The molecule has 2 aromatic carbocycles. The van der Waals surface area contributed by atoms with Gasteiger partial charge in [-0.15, -0.1) is 0 Å². The van der Waals surface area contributed by atoms with E-state index in [1.165, 1.54) is 25.3 Å². The Kier molecular flexibility index (Phi) is 4.81. The molecule has 0 spiro atoms. The van der Waals surface area contributed by atoms with Gasteiger partial charge < -0.3 is 24.5 Å². The normalized spacial score (nSPS) is 10.8. The summed E-state index contributed by atoms with van der Waals surface area (Å²) in [6.07, 6.45) is 2.33. The van der Waals surface area contributed by atoms with E-state index in [2.05, 4.69) is 0 Å². The minimum Gasteiger partial charge on any atom is -0.508 e. The van der Waals surface area contributed by atoms with E-state index in [4.69, 9.17) is 9.15 Å². The molecule has 3 N–H and O–H groups in total. The van der Waals surface area contributed by atoms with Crippen molar-refractivity contribution in [3.05, 3.63) is 57.8 Å². The quantitative estimate of drug-likeness (QED) is 0.600. The largest absolute Gasteiger partial charge is 0.508 e. The van der Waals surface area contributed by atoms with Crippen molar-refractivity contribution in [2.75, 3.05) is 7.11 Å². The van der Waals surface area contributed by atoms with Crippen LogP contribution in [-0.2, 0) is 6.42 Å². The van der Waals surface area contributed by atoms with Crippen LogP contribution in [0.3, 0.4) is 0 Å². The Labute approximate surface area is 155 Å². The summed E-state index contributed by atoms with van der Waals surface area (Å²) in [5, 5.41) is 30.2. The lowest BCUT2D eigenvalue weighted by Gasteiger charge is -2.12. The van der Waals surface area contributed by atoms with Gasteiger partial charge in [-0.3, -0.25) is 4.79 Å². The summed E-state index contributed by atoms with van der Waals surface area (Å²) in [7, 11) is 1.47. The van der Waals surface area contributed by atoms with Crippen LogP contribution in [-0.4, -0.2) is 22.4 Å². The third-order valence-corrected chi connectivity index (χ3v) is 4.24. The molecule has 0 aliphatic carbocycles. The molecule has 0 saturated heterocycles. The van der Waals surface area contributed by atoms with E-state index >= 15 is 0 Å². The first-order valence-electron chi connectivity index (χ1n) is 8.34. The molecular weight excluding hydrogens is 348 g/mol. The number of methoxy groups -OCH3 is 1. The molecule has 0 saturated carbocycles. The maximum atomic E-state index is 12.7. The Morgan fingerprint density at radius 2 is 1.89 bits per heavy atom. The highest BCUT2D eigenvalue weighted by Gasteiger charge is 2.19. The van der Waals surface area contributed by atoms with Crippen LogP contribution in [0.1, 0.15) is 19.4 Å². The summed E-state index contributed by atoms with van der Waals surface area (Å²) in [6, 6.07) is 6.71. The molecule has 6 heteroatoms. The molecular formula is C21H20O6. The Bertz CT molecular complexity index is 1100. The van der Waals surface area contributed by atoms with Gasteiger partial charge in [0.15, 0.2) is 5.43 Å². The molecule has 0 amide bonds. The molecule has 3 aromatic rings. The topological polar surface area (TPSA) is 100 Å². The van der Waals surface area contributed by atoms with Crippen molar-refractivity contribution < 1.29 is 24.5 Å². The van der Waals surface area contributed by atoms with Crippen LogP contribution in [0.4, 0.5) is 0 Å². The number of allylic oxidation sites excluding steroid dienone is 2. The van der Waals surface area contributed by atoms with Gasteiger partial charge in [-0.2, -0.15) is 0 Å². The Morgan fingerprint density at radius 1 is 1.15 bits per heavy atom. The lowest BCUT2D eigenvalue weighted by molar-refractivity contribution is 0.401. The number of aromatic hydroxyl groups is 3. The van der Waals surface area contributed by atoms with Crippen LogP contribution < -0.4 is 10.2 Å². The molecule has 0 aliphatic rings. The first kappa shape index (κ1) is 18.4. The van der Waals surface area contributed by atoms with Crippen LogP contribution in [0.15, 0.2) is 51.2 Å². The van der Waals surface area contributed by atoms with Crippen LogP contribution in [0, 0.1) is 0 Å². The summed E-state index contributed by atoms with van der Waals surface area (Å²) >= 11 is 0. The molecule has 27 heavy (non-hydrogen) atoms. The van der Waals surface area contributed by atoms with Crippen molar-refractivity contribution in [3.8, 4) is 34.3 Å². The van der Waals surface area contributed by atoms with Gasteiger partial charge in [-0.05, 0) is 32.4 Å². The fourth-order valence-electron chi connectivity index (χ4n) is 2.87. The predicted octanol–water partition coefficient (Wildman–Crippen LogP) is 4.09. The lowest BCUT2D eigenvalue weighted by Crippen LogP contribution is -2.03. The third kappa shape index (κ3) is 3.46. The molecule has 0 radical (unpaired) electrons. The number of hydrogen-bond acceptors (Lipinski definition) is 6. The van der Waals surface area contributed by atoms with Crippen molar-refractivity contribution in [1.82, 2.24) is 0 Å². The highest BCUT2D eigenvalue weighted by molar-refractivity contribution is 5.88. The SMILES string of the molecule is COc1cc2oc(-c3ccc(O)cc3O)cc(=O)c2c(O)c1CC=C(C)C. The molecule has 0 fully saturated rings. The fourth-order valence-corrected chi connectivity index (χ4v) is 2.87. The average Bonchev–Trinajstić information content (AvgIpc) is 2.59. The van der Waals surface area contributed by atoms with Crippen molar-refractivity contribution >= 4 is 11.0 Å². The summed E-state index contributed by atoms with van der Waals surface area (Å²) in [6.45, 7) is 3.88. The Balaban J connectivity index is 2.26. The highest BCUT2D eigenvalue weighted by atomic mass is 16.5. The lowest BCUT2D eigenvalue weighted by atomic mass is 10.0. The zero-order chi connectivity index (χ0) is 19.7. The van der Waals surface area contributed by atoms with Crippen LogP contribution in [0.25, 0.3) is 22.3 Å². The summed E-state index contributed by atoms with van der Waals surface area (Å²) in [5.41, 5.74) is 1.51. The fraction of sp³-hybridized carbons (Fsp3) is 0.190. The monoisotopic (exact) mass is 368 g/mol. The van der Waals surface area contributed by atoms with E-state index in [0.717, 1.165) is 11.6 Å². The molecule has 1 heterocycles. The third-order valence-electron chi connectivity index (χ3n) is 4.24. The van der Waals surface area contributed by atoms with Crippen molar-refractivity contribution in [3.63, 3.8) is 0 Å². The van der Waals surface area contributed by atoms with E-state index in [0.29, 0.717) is 17.7 Å². The molecule has 140 valence electrons. The molecule has 0 atom stereocenters.